The van der Waals surface area contributed by atoms with Gasteiger partial charge in [-0.3, -0.25) is 19.3 Å². The maximum absolute atomic E-state index is 14.3. The van der Waals surface area contributed by atoms with Crippen LogP contribution in [-0.2, 0) is 35.1 Å². The quantitative estimate of drug-likeness (QED) is 0.152. The van der Waals surface area contributed by atoms with Crippen molar-refractivity contribution >= 4 is 51.8 Å². The van der Waals surface area contributed by atoms with Gasteiger partial charge >= 0.3 is 5.97 Å². The Morgan fingerprint density at radius 2 is 1.82 bits per heavy atom. The molecule has 5 N–H and O–H groups in total. The molecule has 0 unspecified atom stereocenters. The van der Waals surface area contributed by atoms with Gasteiger partial charge in [0.15, 0.2) is 12.2 Å². The van der Waals surface area contributed by atoms with Gasteiger partial charge in [0, 0.05) is 20.0 Å². The number of aliphatic hydroxyl groups is 2. The summed E-state index contributed by atoms with van der Waals surface area (Å²) in [4.78, 5) is 54.5. The number of carbonyl (C=O) groups excluding carboxylic acids is 4. The molecule has 1 saturated carbocycles. The van der Waals surface area contributed by atoms with Gasteiger partial charge in [0.2, 0.25) is 11.6 Å². The molecule has 210 valence electrons. The first-order valence-corrected chi connectivity index (χ1v) is 13.4. The van der Waals surface area contributed by atoms with Crippen LogP contribution < -0.4 is 5.73 Å². The molecule has 3 aliphatic carbocycles. The van der Waals surface area contributed by atoms with E-state index >= 15 is 0 Å². The number of phenolic OH excluding ortho intramolecular Hbond substituents is 1. The van der Waals surface area contributed by atoms with E-state index in [0.29, 0.717) is 5.56 Å². The fraction of sp³-hybridized carbons (Fsp3) is 0.481. The molecule has 0 aromatic heterocycles. The summed E-state index contributed by atoms with van der Waals surface area (Å²) in [5.41, 5.74) is -0.207. The molecule has 3 aliphatic rings. The summed E-state index contributed by atoms with van der Waals surface area (Å²) in [5.74, 6) is -5.38. The highest BCUT2D eigenvalue weighted by Gasteiger charge is 2.73. The van der Waals surface area contributed by atoms with Gasteiger partial charge in [-0.05, 0) is 74.1 Å². The van der Waals surface area contributed by atoms with Crippen molar-refractivity contribution in [3.05, 3.63) is 43.7 Å². The summed E-state index contributed by atoms with van der Waals surface area (Å²) >= 11 is 2.08. The largest absolute Gasteiger partial charge is 0.507 e. The fourth-order valence-corrected chi connectivity index (χ4v) is 7.39. The molecule has 1 aromatic carbocycles. The molecule has 39 heavy (non-hydrogen) atoms. The Labute approximate surface area is 238 Å². The number of halogens is 1. The Balaban J connectivity index is 2.00. The predicted molar refractivity (Wildman–Crippen MR) is 146 cm³/mol. The van der Waals surface area contributed by atoms with Crippen molar-refractivity contribution in [3.63, 3.8) is 0 Å². The Kier molecular flexibility index (Phi) is 7.14. The van der Waals surface area contributed by atoms with Crippen LogP contribution in [0.2, 0.25) is 0 Å². The zero-order valence-electron chi connectivity index (χ0n) is 22.3. The fourth-order valence-electron chi connectivity index (χ4n) is 6.75. The number of hydrogen-bond acceptors (Lipinski definition) is 10. The topological polar surface area (TPSA) is 177 Å². The second kappa shape index (κ2) is 9.59. The van der Waals surface area contributed by atoms with E-state index in [1.165, 1.54) is 6.07 Å². The monoisotopic (exact) mass is 654 g/mol. The summed E-state index contributed by atoms with van der Waals surface area (Å²) in [6, 6.07) is 2.02. The Morgan fingerprint density at radius 3 is 2.38 bits per heavy atom. The van der Waals surface area contributed by atoms with Crippen LogP contribution in [0, 0.1) is 14.4 Å². The van der Waals surface area contributed by atoms with Crippen molar-refractivity contribution < 1.29 is 44.0 Å². The number of nitrogens with zero attached hydrogens (tertiary/aromatic N) is 1. The number of ether oxygens (including phenoxy) is 2. The van der Waals surface area contributed by atoms with Crippen molar-refractivity contribution in [2.45, 2.75) is 45.3 Å². The van der Waals surface area contributed by atoms with E-state index in [4.69, 9.17) is 15.2 Å². The second-order valence-corrected chi connectivity index (χ2v) is 12.1. The maximum Gasteiger partial charge on any atom is 0.344 e. The highest BCUT2D eigenvalue weighted by Crippen LogP contribution is 2.63. The Morgan fingerprint density at radius 1 is 1.18 bits per heavy atom. The van der Waals surface area contributed by atoms with Crippen LogP contribution >= 0.6 is 22.6 Å². The third-order valence-electron chi connectivity index (χ3n) is 8.08. The lowest BCUT2D eigenvalue weighted by molar-refractivity contribution is -0.182. The molecule has 4 rings (SSSR count). The second-order valence-electron chi connectivity index (χ2n) is 10.9. The first kappa shape index (κ1) is 29.0. The number of aromatic hydroxyl groups is 1. The zero-order chi connectivity index (χ0) is 29.2. The van der Waals surface area contributed by atoms with E-state index in [9.17, 15) is 34.5 Å². The number of Topliss-reactive ketones (excluding diaryl/α,β-unsaturated/α-hetero) is 2. The van der Waals surface area contributed by atoms with Crippen LogP contribution in [-0.4, -0.2) is 82.6 Å². The minimum absolute atomic E-state index is 0.0142. The predicted octanol–water partition coefficient (Wildman–Crippen LogP) is 1.37. The molecule has 0 aliphatic heterocycles. The first-order chi connectivity index (χ1) is 18.1. The summed E-state index contributed by atoms with van der Waals surface area (Å²) in [5, 5.41) is 34.0. The number of ketones is 2. The van der Waals surface area contributed by atoms with Crippen LogP contribution in [0.3, 0.4) is 0 Å². The number of rotatable bonds is 6. The van der Waals surface area contributed by atoms with Gasteiger partial charge in [-0.25, -0.2) is 4.79 Å². The number of benzene rings is 1. The highest BCUT2D eigenvalue weighted by molar-refractivity contribution is 14.1. The number of hydrogen-bond donors (Lipinski definition) is 4. The summed E-state index contributed by atoms with van der Waals surface area (Å²) in [6.45, 7) is 4.35. The van der Waals surface area contributed by atoms with E-state index in [-0.39, 0.29) is 42.1 Å². The van der Waals surface area contributed by atoms with E-state index in [0.717, 1.165) is 3.57 Å². The van der Waals surface area contributed by atoms with Gasteiger partial charge in [0.25, 0.3) is 5.91 Å². The van der Waals surface area contributed by atoms with Crippen LogP contribution in [0.1, 0.15) is 38.3 Å². The van der Waals surface area contributed by atoms with Crippen molar-refractivity contribution in [1.82, 2.24) is 4.90 Å². The van der Waals surface area contributed by atoms with Crippen LogP contribution in [0.15, 0.2) is 29.0 Å². The lowest BCUT2D eigenvalue weighted by atomic mass is 9.45. The number of amides is 1. The molecule has 4 atom stereocenters. The van der Waals surface area contributed by atoms with Crippen LogP contribution in [0.5, 0.6) is 5.75 Å². The number of primary amides is 1. The van der Waals surface area contributed by atoms with Gasteiger partial charge in [-0.2, -0.15) is 0 Å². The average Bonchev–Trinajstić information content (AvgIpc) is 2.82. The number of nitrogens with two attached hydrogens (primary N) is 1. The van der Waals surface area contributed by atoms with Crippen molar-refractivity contribution in [2.24, 2.45) is 16.6 Å². The lowest BCUT2D eigenvalue weighted by Gasteiger charge is -2.60. The summed E-state index contributed by atoms with van der Waals surface area (Å²) < 4.78 is 11.4. The smallest absolute Gasteiger partial charge is 0.344 e. The minimum atomic E-state index is -2.82. The SMILES string of the molecule is CCOC(=O)COC1=C(C(N)=O)C(=O)[C@@]2(O)C(=O)C3=C(O)c4c(O)ccc(I)c4C[C@@]3(C)C[C@@]2(C)[C@@H]1N(C)C. The Hall–Kier alpha value is -2.97. The van der Waals surface area contributed by atoms with Crippen LogP contribution in [0.4, 0.5) is 0 Å². The zero-order valence-corrected chi connectivity index (χ0v) is 24.4. The minimum Gasteiger partial charge on any atom is -0.507 e. The normalized spacial score (nSPS) is 30.1. The summed E-state index contributed by atoms with van der Waals surface area (Å²) in [6.07, 6.45) is 0.200. The molecular weight excluding hydrogens is 623 g/mol. The molecular formula is C27H31IN2O9. The van der Waals surface area contributed by atoms with E-state index in [1.807, 2.05) is 0 Å². The highest BCUT2D eigenvalue weighted by atomic mass is 127. The van der Waals surface area contributed by atoms with E-state index in [2.05, 4.69) is 22.6 Å². The molecule has 0 radical (unpaired) electrons. The first-order valence-electron chi connectivity index (χ1n) is 12.3. The van der Waals surface area contributed by atoms with E-state index in [1.54, 1.807) is 45.8 Å². The van der Waals surface area contributed by atoms with Gasteiger partial charge in [-0.1, -0.05) is 13.8 Å². The number of aliphatic hydroxyl groups excluding tert-OH is 1. The number of likely N-dealkylation sites (N-methyl/N-ethyl adjacent to an activating group) is 1. The molecule has 1 amide bonds. The van der Waals surface area contributed by atoms with Gasteiger partial charge in [0.1, 0.15) is 22.8 Å². The average molecular weight is 654 g/mol. The molecule has 0 bridgehead atoms. The van der Waals surface area contributed by atoms with Crippen molar-refractivity contribution in [3.8, 4) is 5.75 Å². The standard InChI is InChI=1S/C27H31IN2O9/c1-6-38-15(32)10-39-20-17(24(29)36)22(34)27(37)23(35)18-19(33)16-12(13(28)7-8-14(16)31)9-25(18,2)11-26(27,3)21(20)30(4)5/h7-8,21,31,33,37H,6,9-11H2,1-5H3,(H2,29,36)/t21-,25+,26+,27-/m1/s1. The van der Waals surface area contributed by atoms with Gasteiger partial charge in [0.05, 0.1) is 18.2 Å². The molecule has 1 fully saturated rings. The number of esters is 1. The Bertz CT molecular complexity index is 1380. The molecule has 11 nitrogen and oxygen atoms in total. The number of phenols is 1. The number of fused-ring (bicyclic) bond motifs is 3. The lowest BCUT2D eigenvalue weighted by Crippen LogP contribution is -2.74. The van der Waals surface area contributed by atoms with Crippen molar-refractivity contribution in [1.29, 1.82) is 0 Å². The summed E-state index contributed by atoms with van der Waals surface area (Å²) in [7, 11) is 3.23. The molecule has 0 saturated heterocycles. The van der Waals surface area contributed by atoms with Crippen molar-refractivity contribution in [2.75, 3.05) is 27.3 Å². The number of carbonyl (C=O) groups is 4. The third-order valence-corrected chi connectivity index (χ3v) is 9.10. The van der Waals surface area contributed by atoms with Gasteiger partial charge < -0.3 is 30.5 Å². The molecule has 1 aromatic rings. The molecule has 12 heteroatoms. The maximum atomic E-state index is 14.3. The molecule has 0 heterocycles. The third kappa shape index (κ3) is 3.98. The van der Waals surface area contributed by atoms with Crippen LogP contribution in [0.25, 0.3) is 5.76 Å². The van der Waals surface area contributed by atoms with Gasteiger partial charge in [-0.15, -0.1) is 0 Å². The molecule has 0 spiro atoms. The van der Waals surface area contributed by atoms with E-state index < -0.39 is 63.9 Å².